The van der Waals surface area contributed by atoms with Crippen LogP contribution in [0.4, 0.5) is 0 Å². The van der Waals surface area contributed by atoms with Gasteiger partial charge in [-0.25, -0.2) is 4.79 Å². The van der Waals surface area contributed by atoms with Crippen molar-refractivity contribution in [3.8, 4) is 0 Å². The van der Waals surface area contributed by atoms with E-state index in [1.165, 1.54) is 0 Å². The summed E-state index contributed by atoms with van der Waals surface area (Å²) < 4.78 is 16.0. The summed E-state index contributed by atoms with van der Waals surface area (Å²) in [4.78, 5) is 11.9. The van der Waals surface area contributed by atoms with Gasteiger partial charge in [-0.3, -0.25) is 0 Å². The fourth-order valence-corrected chi connectivity index (χ4v) is 2.10. The van der Waals surface area contributed by atoms with Gasteiger partial charge < -0.3 is 14.2 Å². The molecule has 1 aromatic carbocycles. The molecule has 0 amide bonds. The Balaban J connectivity index is 1.70. The number of carbonyl (C=O) groups excluding carboxylic acids is 1. The first kappa shape index (κ1) is 15.0. The van der Waals surface area contributed by atoms with Crippen molar-refractivity contribution in [2.24, 2.45) is 0 Å². The Labute approximate surface area is 120 Å². The number of hydrogen-bond donors (Lipinski definition) is 0. The van der Waals surface area contributed by atoms with Gasteiger partial charge in [-0.2, -0.15) is 0 Å². The zero-order chi connectivity index (χ0) is 14.4. The fourth-order valence-electron chi connectivity index (χ4n) is 2.10. The summed E-state index contributed by atoms with van der Waals surface area (Å²) in [5.74, 6) is -0.310. The molecule has 110 valence electrons. The van der Waals surface area contributed by atoms with Crippen molar-refractivity contribution in [1.82, 2.24) is 0 Å². The van der Waals surface area contributed by atoms with Gasteiger partial charge >= 0.3 is 5.97 Å². The van der Waals surface area contributed by atoms with Crippen molar-refractivity contribution in [3.05, 3.63) is 35.9 Å². The largest absolute Gasteiger partial charge is 0.461 e. The fraction of sp³-hybridized carbons (Fsp3) is 0.562. The summed E-state index contributed by atoms with van der Waals surface area (Å²) in [6, 6.07) is 9.73. The highest BCUT2D eigenvalue weighted by molar-refractivity contribution is 5.79. The third-order valence-corrected chi connectivity index (χ3v) is 3.48. The number of rotatable bonds is 8. The Morgan fingerprint density at radius 3 is 2.70 bits per heavy atom. The highest BCUT2D eigenvalue weighted by Crippen LogP contribution is 2.46. The van der Waals surface area contributed by atoms with E-state index in [-0.39, 0.29) is 12.6 Å². The molecule has 0 radical (unpaired) electrons. The molecule has 0 N–H and O–H groups in total. The first-order valence-corrected chi connectivity index (χ1v) is 7.16. The second kappa shape index (κ2) is 6.86. The van der Waals surface area contributed by atoms with Crippen LogP contribution in [0.25, 0.3) is 0 Å². The van der Waals surface area contributed by atoms with E-state index in [9.17, 15) is 4.79 Å². The summed E-state index contributed by atoms with van der Waals surface area (Å²) in [5.41, 5.74) is 0.461. The van der Waals surface area contributed by atoms with Gasteiger partial charge in [0, 0.05) is 6.61 Å². The summed E-state index contributed by atoms with van der Waals surface area (Å²) in [7, 11) is 0. The molecular weight excluding hydrogens is 256 g/mol. The average molecular weight is 278 g/mol. The topological polar surface area (TPSA) is 48.1 Å². The molecule has 0 unspecified atom stereocenters. The van der Waals surface area contributed by atoms with Crippen LogP contribution in [0.2, 0.25) is 0 Å². The number of carbonyl (C=O) groups is 1. The normalized spacial score (nSPS) is 24.4. The van der Waals surface area contributed by atoms with Gasteiger partial charge in [-0.05, 0) is 18.9 Å². The van der Waals surface area contributed by atoms with Crippen molar-refractivity contribution < 1.29 is 19.0 Å². The first-order chi connectivity index (χ1) is 9.68. The maximum atomic E-state index is 11.9. The first-order valence-electron chi connectivity index (χ1n) is 7.16. The molecule has 20 heavy (non-hydrogen) atoms. The minimum absolute atomic E-state index is 0.285. The molecule has 1 saturated heterocycles. The molecule has 1 fully saturated rings. The number of ether oxygens (including phenoxy) is 3. The van der Waals surface area contributed by atoms with E-state index in [0.717, 1.165) is 25.0 Å². The van der Waals surface area contributed by atoms with E-state index in [1.807, 2.05) is 37.3 Å². The van der Waals surface area contributed by atoms with Crippen LogP contribution in [0.15, 0.2) is 30.3 Å². The van der Waals surface area contributed by atoms with Crippen molar-refractivity contribution in [2.45, 2.75) is 38.4 Å². The maximum absolute atomic E-state index is 11.9. The standard InChI is InChI=1S/C16H22O4/c1-3-4-10-18-11-12-19-15(17)14-16(2,20-14)13-8-6-5-7-9-13/h5-9,14H,3-4,10-12H2,1-2H3/t14-,16-/m0/s1. The second-order valence-electron chi connectivity index (χ2n) is 5.10. The van der Waals surface area contributed by atoms with Crippen molar-refractivity contribution in [3.63, 3.8) is 0 Å². The summed E-state index contributed by atoms with van der Waals surface area (Å²) in [6.45, 7) is 5.47. The molecule has 0 bridgehead atoms. The predicted octanol–water partition coefficient (Wildman–Crippen LogP) is 2.66. The molecule has 1 heterocycles. The molecule has 4 nitrogen and oxygen atoms in total. The van der Waals surface area contributed by atoms with E-state index in [2.05, 4.69) is 6.92 Å². The van der Waals surface area contributed by atoms with Gasteiger partial charge in [0.25, 0.3) is 0 Å². The van der Waals surface area contributed by atoms with Crippen LogP contribution in [0.1, 0.15) is 32.3 Å². The lowest BCUT2D eigenvalue weighted by atomic mass is 9.97. The molecule has 1 aromatic rings. The predicted molar refractivity (Wildman–Crippen MR) is 75.4 cm³/mol. The smallest absolute Gasteiger partial charge is 0.338 e. The molecule has 0 spiro atoms. The monoisotopic (exact) mass is 278 g/mol. The van der Waals surface area contributed by atoms with E-state index >= 15 is 0 Å². The van der Waals surface area contributed by atoms with E-state index < -0.39 is 11.7 Å². The van der Waals surface area contributed by atoms with Crippen molar-refractivity contribution in [1.29, 1.82) is 0 Å². The minimum Gasteiger partial charge on any atom is -0.461 e. The lowest BCUT2D eigenvalue weighted by Crippen LogP contribution is -2.20. The van der Waals surface area contributed by atoms with Gasteiger partial charge in [0.1, 0.15) is 12.2 Å². The Kier molecular flexibility index (Phi) is 5.15. The molecular formula is C16H22O4. The Morgan fingerprint density at radius 2 is 2.00 bits per heavy atom. The van der Waals surface area contributed by atoms with Crippen LogP contribution in [0.3, 0.4) is 0 Å². The van der Waals surface area contributed by atoms with Gasteiger partial charge in [-0.15, -0.1) is 0 Å². The average Bonchev–Trinajstić information content (AvgIpc) is 3.17. The van der Waals surface area contributed by atoms with E-state index in [0.29, 0.717) is 6.61 Å². The van der Waals surface area contributed by atoms with Gasteiger partial charge in [0.05, 0.1) is 6.61 Å². The van der Waals surface area contributed by atoms with E-state index in [1.54, 1.807) is 0 Å². The highest BCUT2D eigenvalue weighted by Gasteiger charge is 2.59. The van der Waals surface area contributed by atoms with Crippen LogP contribution < -0.4 is 0 Å². The van der Waals surface area contributed by atoms with Crippen LogP contribution in [0, 0.1) is 0 Å². The van der Waals surface area contributed by atoms with Gasteiger partial charge in [0.15, 0.2) is 6.10 Å². The molecule has 0 saturated carbocycles. The quantitative estimate of drug-likeness (QED) is 0.417. The number of esters is 1. The van der Waals surface area contributed by atoms with Crippen molar-refractivity contribution in [2.75, 3.05) is 19.8 Å². The highest BCUT2D eigenvalue weighted by atomic mass is 16.7. The summed E-state index contributed by atoms with van der Waals surface area (Å²) >= 11 is 0. The Hall–Kier alpha value is -1.39. The molecule has 0 aromatic heterocycles. The SMILES string of the molecule is CCCCOCCOC(=O)[C@@H]1O[C@@]1(C)c1ccccc1. The molecule has 0 aliphatic carbocycles. The lowest BCUT2D eigenvalue weighted by Gasteiger charge is -2.07. The molecule has 2 rings (SSSR count). The number of unbranched alkanes of at least 4 members (excludes halogenated alkanes) is 1. The van der Waals surface area contributed by atoms with Crippen LogP contribution >= 0.6 is 0 Å². The lowest BCUT2D eigenvalue weighted by molar-refractivity contribution is -0.146. The third-order valence-electron chi connectivity index (χ3n) is 3.48. The second-order valence-corrected chi connectivity index (χ2v) is 5.10. The zero-order valence-corrected chi connectivity index (χ0v) is 12.1. The maximum Gasteiger partial charge on any atom is 0.338 e. The molecule has 1 aliphatic heterocycles. The van der Waals surface area contributed by atoms with Crippen molar-refractivity contribution >= 4 is 5.97 Å². The van der Waals surface area contributed by atoms with Crippen LogP contribution in [0.5, 0.6) is 0 Å². The number of benzene rings is 1. The third kappa shape index (κ3) is 3.58. The molecule has 1 aliphatic rings. The summed E-state index contributed by atoms with van der Waals surface area (Å²) in [5, 5.41) is 0. The molecule has 2 atom stereocenters. The number of hydrogen-bond acceptors (Lipinski definition) is 4. The van der Waals surface area contributed by atoms with Crippen LogP contribution in [-0.4, -0.2) is 31.9 Å². The number of epoxide rings is 1. The zero-order valence-electron chi connectivity index (χ0n) is 12.1. The minimum atomic E-state index is -0.540. The van der Waals surface area contributed by atoms with Gasteiger partial charge in [0.2, 0.25) is 0 Å². The Morgan fingerprint density at radius 1 is 1.25 bits per heavy atom. The Bertz CT molecular complexity index is 431. The van der Waals surface area contributed by atoms with Gasteiger partial charge in [-0.1, -0.05) is 43.7 Å². The van der Waals surface area contributed by atoms with Crippen LogP contribution in [-0.2, 0) is 24.6 Å². The summed E-state index contributed by atoms with van der Waals surface area (Å²) in [6.07, 6.45) is 1.64. The van der Waals surface area contributed by atoms with E-state index in [4.69, 9.17) is 14.2 Å². The molecule has 4 heteroatoms.